The fourth-order valence-electron chi connectivity index (χ4n) is 4.08. The second-order valence-electron chi connectivity index (χ2n) is 7.27. The van der Waals surface area contributed by atoms with Crippen LogP contribution in [0.1, 0.15) is 33.6 Å². The highest BCUT2D eigenvalue weighted by atomic mass is 16.6. The van der Waals surface area contributed by atoms with Crippen molar-refractivity contribution < 1.29 is 28.6 Å². The fraction of sp³-hybridized carbons (Fsp3) is 0.688. The van der Waals surface area contributed by atoms with Crippen molar-refractivity contribution in [2.45, 2.75) is 50.9 Å². The van der Waals surface area contributed by atoms with Crippen molar-refractivity contribution in [3.8, 4) is 0 Å². The normalized spacial score (nSPS) is 38.6. The molecule has 0 N–H and O–H groups in total. The Labute approximate surface area is 128 Å². The fourth-order valence-corrected chi connectivity index (χ4v) is 4.08. The van der Waals surface area contributed by atoms with E-state index in [1.54, 1.807) is 20.8 Å². The van der Waals surface area contributed by atoms with E-state index in [2.05, 4.69) is 6.58 Å². The molecule has 1 heterocycles. The number of carbonyl (C=O) groups excluding carboxylic acids is 3. The highest BCUT2D eigenvalue weighted by Crippen LogP contribution is 2.62. The molecule has 2 saturated carbocycles. The molecule has 120 valence electrons. The van der Waals surface area contributed by atoms with Gasteiger partial charge in [0.15, 0.2) is 0 Å². The van der Waals surface area contributed by atoms with Gasteiger partial charge in [0, 0.05) is 18.4 Å². The van der Waals surface area contributed by atoms with Gasteiger partial charge in [0.1, 0.15) is 23.2 Å². The lowest BCUT2D eigenvalue weighted by Crippen LogP contribution is -2.48. The summed E-state index contributed by atoms with van der Waals surface area (Å²) in [5, 5.41) is 0. The number of hydrogen-bond donors (Lipinski definition) is 0. The quantitative estimate of drug-likeness (QED) is 0.445. The van der Waals surface area contributed by atoms with E-state index in [-0.39, 0.29) is 18.0 Å². The molecule has 0 aromatic rings. The molecule has 6 heteroatoms. The van der Waals surface area contributed by atoms with Gasteiger partial charge in [-0.2, -0.15) is 0 Å². The predicted octanol–water partition coefficient (Wildman–Crippen LogP) is 1.38. The summed E-state index contributed by atoms with van der Waals surface area (Å²) < 4.78 is 16.3. The third-order valence-corrected chi connectivity index (χ3v) is 4.66. The van der Waals surface area contributed by atoms with Crippen molar-refractivity contribution in [2.24, 2.45) is 17.8 Å². The first-order valence-electron chi connectivity index (χ1n) is 7.46. The van der Waals surface area contributed by atoms with E-state index in [4.69, 9.17) is 14.2 Å². The molecule has 1 saturated heterocycles. The van der Waals surface area contributed by atoms with E-state index in [1.165, 1.54) is 0 Å². The molecular formula is C16H20O6. The molecule has 2 aliphatic carbocycles. The maximum absolute atomic E-state index is 12.6. The van der Waals surface area contributed by atoms with Crippen molar-refractivity contribution in [2.75, 3.05) is 0 Å². The standard InChI is InChI=1S/C16H20O6/c1-5-10(17)21-16-6-8-9(7-16)20-13(18)11(8)12(16)14(19)22-15(2,3)4/h5,8-9,11-12H,1,6-7H2,2-4H3. The van der Waals surface area contributed by atoms with Crippen LogP contribution in [-0.4, -0.2) is 35.2 Å². The molecule has 3 aliphatic rings. The van der Waals surface area contributed by atoms with Crippen LogP contribution in [0.25, 0.3) is 0 Å². The van der Waals surface area contributed by atoms with Crippen LogP contribution < -0.4 is 0 Å². The number of esters is 3. The largest absolute Gasteiger partial charge is 0.462 e. The number of hydrogen-bond acceptors (Lipinski definition) is 6. The predicted molar refractivity (Wildman–Crippen MR) is 74.4 cm³/mol. The van der Waals surface area contributed by atoms with Crippen LogP contribution in [0, 0.1) is 17.8 Å². The molecular weight excluding hydrogens is 288 g/mol. The van der Waals surface area contributed by atoms with E-state index in [1.807, 2.05) is 0 Å². The maximum atomic E-state index is 12.6. The van der Waals surface area contributed by atoms with Gasteiger partial charge in [-0.25, -0.2) is 4.79 Å². The smallest absolute Gasteiger partial charge is 0.330 e. The van der Waals surface area contributed by atoms with E-state index in [0.29, 0.717) is 12.8 Å². The van der Waals surface area contributed by atoms with Crippen molar-refractivity contribution in [3.63, 3.8) is 0 Å². The third kappa shape index (κ3) is 2.12. The minimum Gasteiger partial charge on any atom is -0.462 e. The topological polar surface area (TPSA) is 78.9 Å². The van der Waals surface area contributed by atoms with Crippen molar-refractivity contribution >= 4 is 17.9 Å². The molecule has 0 radical (unpaired) electrons. The Bertz CT molecular complexity index is 555. The van der Waals surface area contributed by atoms with Crippen LogP contribution in [0.3, 0.4) is 0 Å². The Morgan fingerprint density at radius 1 is 1.36 bits per heavy atom. The average molecular weight is 308 g/mol. The Kier molecular flexibility index (Phi) is 3.13. The third-order valence-electron chi connectivity index (χ3n) is 4.66. The first kappa shape index (κ1) is 15.1. The lowest BCUT2D eigenvalue weighted by atomic mass is 9.77. The highest BCUT2D eigenvalue weighted by Gasteiger charge is 2.73. The lowest BCUT2D eigenvalue weighted by molar-refractivity contribution is -0.180. The molecule has 3 rings (SSSR count). The summed E-state index contributed by atoms with van der Waals surface area (Å²) >= 11 is 0. The Hall–Kier alpha value is -1.85. The molecule has 2 bridgehead atoms. The van der Waals surface area contributed by atoms with Gasteiger partial charge in [0.05, 0.1) is 5.92 Å². The Morgan fingerprint density at radius 2 is 2.05 bits per heavy atom. The van der Waals surface area contributed by atoms with Crippen LogP contribution in [0.15, 0.2) is 12.7 Å². The zero-order valence-electron chi connectivity index (χ0n) is 13.0. The van der Waals surface area contributed by atoms with Gasteiger partial charge in [0.25, 0.3) is 0 Å². The van der Waals surface area contributed by atoms with E-state index >= 15 is 0 Å². The molecule has 0 aromatic heterocycles. The number of fused-ring (bicyclic) bond motifs is 1. The molecule has 0 spiro atoms. The van der Waals surface area contributed by atoms with Crippen LogP contribution >= 0.6 is 0 Å². The van der Waals surface area contributed by atoms with Gasteiger partial charge in [-0.15, -0.1) is 0 Å². The van der Waals surface area contributed by atoms with Gasteiger partial charge in [-0.1, -0.05) is 6.58 Å². The monoisotopic (exact) mass is 308 g/mol. The molecule has 5 unspecified atom stereocenters. The molecule has 3 fully saturated rings. The maximum Gasteiger partial charge on any atom is 0.330 e. The van der Waals surface area contributed by atoms with Crippen LogP contribution in [0.2, 0.25) is 0 Å². The summed E-state index contributed by atoms with van der Waals surface area (Å²) in [6.07, 6.45) is 1.60. The van der Waals surface area contributed by atoms with Crippen molar-refractivity contribution in [1.82, 2.24) is 0 Å². The average Bonchev–Trinajstić information content (AvgIpc) is 2.93. The minimum atomic E-state index is -1.01. The first-order chi connectivity index (χ1) is 10.2. The first-order valence-corrected chi connectivity index (χ1v) is 7.46. The van der Waals surface area contributed by atoms with Crippen molar-refractivity contribution in [3.05, 3.63) is 12.7 Å². The highest BCUT2D eigenvalue weighted by molar-refractivity contribution is 5.88. The zero-order valence-corrected chi connectivity index (χ0v) is 13.0. The molecule has 22 heavy (non-hydrogen) atoms. The van der Waals surface area contributed by atoms with Gasteiger partial charge < -0.3 is 14.2 Å². The van der Waals surface area contributed by atoms with E-state index < -0.39 is 35.0 Å². The lowest BCUT2D eigenvalue weighted by Gasteiger charge is -2.35. The van der Waals surface area contributed by atoms with E-state index in [9.17, 15) is 14.4 Å². The minimum absolute atomic E-state index is 0.0809. The summed E-state index contributed by atoms with van der Waals surface area (Å²) in [6, 6.07) is 0. The van der Waals surface area contributed by atoms with E-state index in [0.717, 1.165) is 6.08 Å². The molecule has 0 amide bonds. The summed E-state index contributed by atoms with van der Waals surface area (Å²) in [5.74, 6) is -2.95. The van der Waals surface area contributed by atoms with Gasteiger partial charge in [-0.3, -0.25) is 9.59 Å². The number of carbonyl (C=O) groups is 3. The number of ether oxygens (including phenoxy) is 3. The van der Waals surface area contributed by atoms with Gasteiger partial charge in [0.2, 0.25) is 0 Å². The summed E-state index contributed by atoms with van der Waals surface area (Å²) in [7, 11) is 0. The van der Waals surface area contributed by atoms with Crippen molar-refractivity contribution in [1.29, 1.82) is 0 Å². The second-order valence-corrected chi connectivity index (χ2v) is 7.27. The zero-order chi connectivity index (χ0) is 16.3. The van der Waals surface area contributed by atoms with Crippen LogP contribution in [0.5, 0.6) is 0 Å². The van der Waals surface area contributed by atoms with Gasteiger partial charge in [-0.05, 0) is 27.2 Å². The summed E-state index contributed by atoms with van der Waals surface area (Å²) in [4.78, 5) is 36.4. The Balaban J connectivity index is 1.94. The molecule has 5 atom stereocenters. The Morgan fingerprint density at radius 3 is 2.64 bits per heavy atom. The molecule has 1 aliphatic heterocycles. The SMILES string of the molecule is C=CC(=O)OC12CC3OC(=O)C(C3C1)C2C(=O)OC(C)(C)C. The summed E-state index contributed by atoms with van der Waals surface area (Å²) in [5.41, 5.74) is -1.69. The summed E-state index contributed by atoms with van der Waals surface area (Å²) in [6.45, 7) is 8.67. The molecule has 0 aromatic carbocycles. The number of rotatable bonds is 3. The van der Waals surface area contributed by atoms with Crippen LogP contribution in [0.4, 0.5) is 0 Å². The molecule has 6 nitrogen and oxygen atoms in total. The van der Waals surface area contributed by atoms with Gasteiger partial charge >= 0.3 is 17.9 Å². The second kappa shape index (κ2) is 4.57. The van der Waals surface area contributed by atoms with Crippen LogP contribution in [-0.2, 0) is 28.6 Å².